The van der Waals surface area contributed by atoms with Gasteiger partial charge in [-0.05, 0) is 44.2 Å². The molecule has 5 aromatic rings. The molecule has 0 unspecified atom stereocenters. The van der Waals surface area contributed by atoms with Gasteiger partial charge in [0.25, 0.3) is 10.0 Å². The molecule has 0 atom stereocenters. The van der Waals surface area contributed by atoms with Gasteiger partial charge in [-0.2, -0.15) is 0 Å². The van der Waals surface area contributed by atoms with Crippen LogP contribution in [0.2, 0.25) is 0 Å². The average Bonchev–Trinajstić information content (AvgIpc) is 3.29. The van der Waals surface area contributed by atoms with Crippen LogP contribution in [0.4, 0.5) is 5.69 Å². The molecule has 37 heavy (non-hydrogen) atoms. The number of anilines is 1. The van der Waals surface area contributed by atoms with Crippen molar-refractivity contribution in [3.8, 4) is 17.1 Å². The van der Waals surface area contributed by atoms with Crippen LogP contribution in [-0.4, -0.2) is 27.6 Å². The molecule has 0 saturated heterocycles. The molecule has 0 spiro atoms. The molecule has 1 N–H and O–H groups in total. The van der Waals surface area contributed by atoms with Gasteiger partial charge in [0.1, 0.15) is 22.7 Å². The van der Waals surface area contributed by atoms with E-state index in [1.165, 1.54) is 12.1 Å². The van der Waals surface area contributed by atoms with Crippen LogP contribution in [0.25, 0.3) is 33.1 Å². The second-order valence-electron chi connectivity index (χ2n) is 8.25. The molecule has 0 saturated carbocycles. The minimum atomic E-state index is -3.95. The van der Waals surface area contributed by atoms with Crippen LogP contribution in [0.5, 0.6) is 5.75 Å². The lowest BCUT2D eigenvalue weighted by Gasteiger charge is -2.12. The van der Waals surface area contributed by atoms with Gasteiger partial charge in [0.15, 0.2) is 0 Å². The third kappa shape index (κ3) is 4.63. The van der Waals surface area contributed by atoms with Gasteiger partial charge in [-0.1, -0.05) is 54.6 Å². The van der Waals surface area contributed by atoms with E-state index in [9.17, 15) is 13.2 Å². The Bertz CT molecular complexity index is 1690. The van der Waals surface area contributed by atoms with Crippen molar-refractivity contribution in [1.29, 1.82) is 0 Å². The van der Waals surface area contributed by atoms with Gasteiger partial charge in [-0.25, -0.2) is 13.2 Å². The van der Waals surface area contributed by atoms with Crippen molar-refractivity contribution in [2.75, 3.05) is 17.9 Å². The summed E-state index contributed by atoms with van der Waals surface area (Å²) in [5.74, 6) is 0.403. The van der Waals surface area contributed by atoms with E-state index in [-0.39, 0.29) is 17.1 Å². The third-order valence-corrected chi connectivity index (χ3v) is 7.28. The van der Waals surface area contributed by atoms with E-state index < -0.39 is 16.0 Å². The van der Waals surface area contributed by atoms with Crippen LogP contribution in [0, 0.1) is 0 Å². The Balaban J connectivity index is 1.71. The second-order valence-corrected chi connectivity index (χ2v) is 9.93. The van der Waals surface area contributed by atoms with Gasteiger partial charge in [0.05, 0.1) is 23.8 Å². The summed E-state index contributed by atoms with van der Waals surface area (Å²) < 4.78 is 46.4. The summed E-state index contributed by atoms with van der Waals surface area (Å²) in [6.45, 7) is 4.25. The predicted molar refractivity (Wildman–Crippen MR) is 144 cm³/mol. The van der Waals surface area contributed by atoms with E-state index in [0.29, 0.717) is 51.1 Å². The number of sulfonamides is 1. The molecule has 0 amide bonds. The molecule has 4 aromatic carbocycles. The first-order valence-corrected chi connectivity index (χ1v) is 13.4. The molecule has 0 fully saturated rings. The predicted octanol–water partition coefficient (Wildman–Crippen LogP) is 6.63. The van der Waals surface area contributed by atoms with Gasteiger partial charge in [0.2, 0.25) is 0 Å². The topological polar surface area (TPSA) is 94.8 Å². The van der Waals surface area contributed by atoms with Crippen LogP contribution in [-0.2, 0) is 14.8 Å². The Kier molecular flexibility index (Phi) is 6.58. The molecule has 0 bridgehead atoms. The maximum atomic E-state index is 13.3. The Morgan fingerprint density at radius 2 is 1.51 bits per heavy atom. The minimum absolute atomic E-state index is 0.0860. The molecule has 5 rings (SSSR count). The Labute approximate surface area is 214 Å². The molecule has 0 aliphatic carbocycles. The van der Waals surface area contributed by atoms with E-state index in [0.717, 1.165) is 0 Å². The molecule has 1 heterocycles. The number of benzene rings is 4. The number of furan rings is 1. The van der Waals surface area contributed by atoms with Gasteiger partial charge >= 0.3 is 5.97 Å². The standard InChI is InChI=1S/C29H25NO6S/c1-3-34-20-14-16-21(17-15-20)37(32,33)30-25-18-24-26(29(31)35-4-2)27(19-10-6-5-7-11-19)36-28(24)23-13-9-8-12-22(23)25/h5-18,30H,3-4H2,1-2H3. The van der Waals surface area contributed by atoms with E-state index in [1.54, 1.807) is 31.2 Å². The highest BCUT2D eigenvalue weighted by molar-refractivity contribution is 7.92. The van der Waals surface area contributed by atoms with Crippen LogP contribution in [0.1, 0.15) is 24.2 Å². The second kappa shape index (κ2) is 9.99. The summed E-state index contributed by atoms with van der Waals surface area (Å²) in [6, 6.07) is 24.4. The Morgan fingerprint density at radius 3 is 2.19 bits per heavy atom. The minimum Gasteiger partial charge on any atom is -0.494 e. The van der Waals surface area contributed by atoms with Crippen molar-refractivity contribution in [2.24, 2.45) is 0 Å². The molecule has 0 aliphatic heterocycles. The maximum Gasteiger partial charge on any atom is 0.342 e. The van der Waals surface area contributed by atoms with Crippen molar-refractivity contribution in [3.05, 3.63) is 90.5 Å². The highest BCUT2D eigenvalue weighted by Crippen LogP contribution is 2.41. The SMILES string of the molecule is CCOC(=O)c1c(-c2ccccc2)oc2c1cc(NS(=O)(=O)c1ccc(OCC)cc1)c1ccccc12. The number of hydrogen-bond acceptors (Lipinski definition) is 6. The van der Waals surface area contributed by atoms with Crippen molar-refractivity contribution in [2.45, 2.75) is 18.7 Å². The van der Waals surface area contributed by atoms with E-state index >= 15 is 0 Å². The Hall–Kier alpha value is -4.30. The number of fused-ring (bicyclic) bond motifs is 3. The number of hydrogen-bond donors (Lipinski definition) is 1. The van der Waals surface area contributed by atoms with Crippen molar-refractivity contribution < 1.29 is 27.1 Å². The highest BCUT2D eigenvalue weighted by atomic mass is 32.2. The molecule has 188 valence electrons. The summed E-state index contributed by atoms with van der Waals surface area (Å²) in [6.07, 6.45) is 0. The number of esters is 1. The van der Waals surface area contributed by atoms with Crippen molar-refractivity contribution >= 4 is 43.4 Å². The van der Waals surface area contributed by atoms with Crippen LogP contribution in [0.3, 0.4) is 0 Å². The summed E-state index contributed by atoms with van der Waals surface area (Å²) in [4.78, 5) is 13.2. The largest absolute Gasteiger partial charge is 0.494 e. The Morgan fingerprint density at radius 1 is 0.838 bits per heavy atom. The van der Waals surface area contributed by atoms with Gasteiger partial charge in [0, 0.05) is 21.7 Å². The third-order valence-electron chi connectivity index (χ3n) is 5.90. The molecule has 0 radical (unpaired) electrons. The van der Waals surface area contributed by atoms with E-state index in [4.69, 9.17) is 13.9 Å². The number of carbonyl (C=O) groups excluding carboxylic acids is 1. The average molecular weight is 516 g/mol. The normalized spacial score (nSPS) is 11.5. The molecular formula is C29H25NO6S. The number of carbonyl (C=O) groups is 1. The highest BCUT2D eigenvalue weighted by Gasteiger charge is 2.26. The number of nitrogens with one attached hydrogen (secondary N) is 1. The molecule has 8 heteroatoms. The zero-order valence-electron chi connectivity index (χ0n) is 20.4. The monoisotopic (exact) mass is 515 g/mol. The smallest absolute Gasteiger partial charge is 0.342 e. The molecule has 0 aliphatic rings. The summed E-state index contributed by atoms with van der Waals surface area (Å²) in [7, 11) is -3.95. The lowest BCUT2D eigenvalue weighted by Crippen LogP contribution is -2.13. The van der Waals surface area contributed by atoms with Crippen molar-refractivity contribution in [1.82, 2.24) is 0 Å². The van der Waals surface area contributed by atoms with E-state index in [1.807, 2.05) is 55.5 Å². The lowest BCUT2D eigenvalue weighted by molar-refractivity contribution is 0.0528. The van der Waals surface area contributed by atoms with E-state index in [2.05, 4.69) is 4.72 Å². The summed E-state index contributed by atoms with van der Waals surface area (Å²) in [5, 5.41) is 1.76. The first-order chi connectivity index (χ1) is 17.9. The number of rotatable bonds is 8. The van der Waals surface area contributed by atoms with Crippen LogP contribution >= 0.6 is 0 Å². The quantitative estimate of drug-likeness (QED) is 0.233. The lowest BCUT2D eigenvalue weighted by atomic mass is 10.0. The zero-order valence-corrected chi connectivity index (χ0v) is 21.2. The van der Waals surface area contributed by atoms with Gasteiger partial charge < -0.3 is 13.9 Å². The van der Waals surface area contributed by atoms with Gasteiger partial charge in [-0.3, -0.25) is 4.72 Å². The van der Waals surface area contributed by atoms with Crippen LogP contribution < -0.4 is 9.46 Å². The first-order valence-electron chi connectivity index (χ1n) is 11.9. The number of ether oxygens (including phenoxy) is 2. The van der Waals surface area contributed by atoms with Crippen molar-refractivity contribution in [3.63, 3.8) is 0 Å². The fraction of sp³-hybridized carbons (Fsp3) is 0.138. The molecular weight excluding hydrogens is 490 g/mol. The van der Waals surface area contributed by atoms with Gasteiger partial charge in [-0.15, -0.1) is 0 Å². The zero-order chi connectivity index (χ0) is 26.0. The molecule has 7 nitrogen and oxygen atoms in total. The summed E-state index contributed by atoms with van der Waals surface area (Å²) in [5.41, 5.74) is 1.75. The van der Waals surface area contributed by atoms with Crippen LogP contribution in [0.15, 0.2) is 94.2 Å². The first kappa shape index (κ1) is 24.4. The fourth-order valence-corrected chi connectivity index (χ4v) is 5.36. The summed E-state index contributed by atoms with van der Waals surface area (Å²) >= 11 is 0. The maximum absolute atomic E-state index is 13.3. The fourth-order valence-electron chi connectivity index (χ4n) is 4.29. The molecule has 1 aromatic heterocycles.